The fourth-order valence-electron chi connectivity index (χ4n) is 0.341. The van der Waals surface area contributed by atoms with Gasteiger partial charge in [0.1, 0.15) is 0 Å². The lowest BCUT2D eigenvalue weighted by Crippen LogP contribution is -1.91. The summed E-state index contributed by atoms with van der Waals surface area (Å²) in [4.78, 5) is 33.9. The third-order valence-electron chi connectivity index (χ3n) is 0.464. The highest BCUT2D eigenvalue weighted by molar-refractivity contribution is 8.08. The third-order valence-corrected chi connectivity index (χ3v) is 4.78. The van der Waals surface area contributed by atoms with Crippen LogP contribution in [0.2, 0.25) is 0 Å². The molecule has 13 heavy (non-hydrogen) atoms. The molecule has 0 aliphatic heterocycles. The molecular weight excluding hydrogens is 265 g/mol. The van der Waals surface area contributed by atoms with E-state index in [9.17, 15) is 9.13 Å². The first-order valence-electron chi connectivity index (χ1n) is 2.53. The maximum absolute atomic E-state index is 10.7. The van der Waals surface area contributed by atoms with Crippen molar-refractivity contribution in [2.75, 3.05) is 6.66 Å². The van der Waals surface area contributed by atoms with E-state index in [0.29, 0.717) is 6.66 Å². The summed E-state index contributed by atoms with van der Waals surface area (Å²) < 4.78 is 28.4. The first-order valence-corrected chi connectivity index (χ1v) is 8.67. The molecule has 12 heteroatoms. The quantitative estimate of drug-likeness (QED) is 0.527. The second-order valence-electron chi connectivity index (χ2n) is 1.93. The number of rotatable bonds is 4. The lowest BCUT2D eigenvalue weighted by atomic mass is 12.0. The van der Waals surface area contributed by atoms with Gasteiger partial charge in [0.05, 0.1) is 0 Å². The van der Waals surface area contributed by atoms with Crippen molar-refractivity contribution in [3.63, 3.8) is 0 Å². The molecule has 0 aliphatic rings. The molecule has 0 aromatic heterocycles. The summed E-state index contributed by atoms with van der Waals surface area (Å²) in [5.41, 5.74) is 0. The first kappa shape index (κ1) is 13.9. The van der Waals surface area contributed by atoms with Gasteiger partial charge in [-0.05, 0) is 11.8 Å². The maximum Gasteiger partial charge on any atom is 0.486 e. The van der Waals surface area contributed by atoms with Crippen molar-refractivity contribution >= 4 is 33.9 Å². The van der Waals surface area contributed by atoms with Crippen LogP contribution in [-0.4, -0.2) is 26.2 Å². The van der Waals surface area contributed by atoms with Crippen molar-refractivity contribution in [1.82, 2.24) is 0 Å². The summed E-state index contributed by atoms with van der Waals surface area (Å²) in [6.07, 6.45) is 0. The fraction of sp³-hybridized carbons (Fsp3) is 1.00. The molecule has 0 amide bonds. The fourth-order valence-corrected chi connectivity index (χ4v) is 4.09. The average Bonchev–Trinajstić information content (AvgIpc) is 1.43. The molecule has 0 saturated heterocycles. The van der Waals surface area contributed by atoms with Gasteiger partial charge in [-0.1, -0.05) is 0 Å². The number of hydrogen-bond donors (Lipinski definition) is 4. The third kappa shape index (κ3) is 9.18. The van der Waals surface area contributed by atoms with Crippen LogP contribution in [0.4, 0.5) is 0 Å². The molecule has 0 heterocycles. The highest BCUT2D eigenvalue weighted by atomic mass is 32.5. The standard InChI is InChI=1S/CH7O8P3S/c1-10(2,3)8-11(4,5)9-12(6,7)13/h1H3,(H,2,3)(H,4,5)(H2,6,7,13). The van der Waals surface area contributed by atoms with E-state index < -0.39 is 22.1 Å². The van der Waals surface area contributed by atoms with Crippen LogP contribution in [-0.2, 0) is 29.6 Å². The first-order chi connectivity index (χ1) is 5.41. The van der Waals surface area contributed by atoms with Crippen LogP contribution in [0.1, 0.15) is 0 Å². The van der Waals surface area contributed by atoms with E-state index in [0.717, 1.165) is 0 Å². The molecule has 0 aromatic rings. The minimum absolute atomic E-state index is 0.622. The molecule has 8 nitrogen and oxygen atoms in total. The molecule has 0 saturated carbocycles. The largest absolute Gasteiger partial charge is 0.486 e. The van der Waals surface area contributed by atoms with Gasteiger partial charge < -0.3 is 19.6 Å². The van der Waals surface area contributed by atoms with E-state index >= 15 is 0 Å². The maximum atomic E-state index is 10.7. The van der Waals surface area contributed by atoms with Crippen LogP contribution in [0, 0.1) is 0 Å². The lowest BCUT2D eigenvalue weighted by Gasteiger charge is -2.15. The Morgan fingerprint density at radius 1 is 1.08 bits per heavy atom. The minimum Gasteiger partial charge on any atom is -0.324 e. The van der Waals surface area contributed by atoms with Crippen LogP contribution in [0.5, 0.6) is 0 Å². The molecule has 4 N–H and O–H groups in total. The Morgan fingerprint density at radius 2 is 1.46 bits per heavy atom. The average molecular weight is 272 g/mol. The molecule has 80 valence electrons. The van der Waals surface area contributed by atoms with Gasteiger partial charge in [0, 0.05) is 6.66 Å². The lowest BCUT2D eigenvalue weighted by molar-refractivity contribution is 0.254. The molecule has 0 rings (SSSR count). The summed E-state index contributed by atoms with van der Waals surface area (Å²) in [5.74, 6) is 0. The highest BCUT2D eigenvalue weighted by Crippen LogP contribution is 2.64. The van der Waals surface area contributed by atoms with Crippen molar-refractivity contribution in [2.24, 2.45) is 0 Å². The zero-order chi connectivity index (χ0) is 10.9. The Kier molecular flexibility index (Phi) is 4.44. The Morgan fingerprint density at radius 3 is 1.69 bits per heavy atom. The second-order valence-corrected chi connectivity index (χ2v) is 8.18. The van der Waals surface area contributed by atoms with Crippen LogP contribution in [0.25, 0.3) is 0 Å². The van der Waals surface area contributed by atoms with Gasteiger partial charge >= 0.3 is 22.1 Å². The van der Waals surface area contributed by atoms with E-state index in [4.69, 9.17) is 19.6 Å². The van der Waals surface area contributed by atoms with Crippen LogP contribution < -0.4 is 0 Å². The van der Waals surface area contributed by atoms with Crippen molar-refractivity contribution in [3.05, 3.63) is 0 Å². The topological polar surface area (TPSA) is 134 Å². The van der Waals surface area contributed by atoms with E-state index in [1.807, 2.05) is 0 Å². The summed E-state index contributed by atoms with van der Waals surface area (Å²) in [6.45, 7) is -3.79. The van der Waals surface area contributed by atoms with Gasteiger partial charge in [0.2, 0.25) is 0 Å². The monoisotopic (exact) mass is 272 g/mol. The smallest absolute Gasteiger partial charge is 0.324 e. The van der Waals surface area contributed by atoms with Crippen LogP contribution in [0.15, 0.2) is 0 Å². The molecule has 0 aromatic carbocycles. The van der Waals surface area contributed by atoms with Gasteiger partial charge in [-0.3, -0.25) is 4.57 Å². The van der Waals surface area contributed by atoms with Crippen molar-refractivity contribution in [3.8, 4) is 0 Å². The Labute approximate surface area is 78.5 Å². The molecule has 0 radical (unpaired) electrons. The van der Waals surface area contributed by atoms with E-state index in [1.54, 1.807) is 0 Å². The Balaban J connectivity index is 4.54. The zero-order valence-electron chi connectivity index (χ0n) is 6.17. The van der Waals surface area contributed by atoms with Crippen molar-refractivity contribution < 1.29 is 37.3 Å². The number of hydrogen-bond acceptors (Lipinski definition) is 5. The summed E-state index contributed by atoms with van der Waals surface area (Å²) in [6, 6.07) is 0. The van der Waals surface area contributed by atoms with Gasteiger partial charge in [-0.2, -0.15) is 0 Å². The van der Waals surface area contributed by atoms with Crippen LogP contribution >= 0.6 is 22.1 Å². The van der Waals surface area contributed by atoms with Crippen LogP contribution in [0.3, 0.4) is 0 Å². The highest BCUT2D eigenvalue weighted by Gasteiger charge is 2.34. The molecule has 2 unspecified atom stereocenters. The normalized spacial score (nSPS) is 21.9. The predicted octanol–water partition coefficient (Wildman–Crippen LogP) is 0.144. The molecule has 0 bridgehead atoms. The molecule has 0 fully saturated rings. The van der Waals surface area contributed by atoms with Gasteiger partial charge in [0.25, 0.3) is 0 Å². The Hall–Kier alpha value is 0.870. The van der Waals surface area contributed by atoms with Gasteiger partial charge in [0.15, 0.2) is 0 Å². The van der Waals surface area contributed by atoms with E-state index in [1.165, 1.54) is 0 Å². The summed E-state index contributed by atoms with van der Waals surface area (Å²) in [7, 11) is -9.27. The zero-order valence-corrected chi connectivity index (χ0v) is 9.67. The SMILES string of the molecule is CP(=O)(O)OP(=O)(O)OP(O)(O)=S. The van der Waals surface area contributed by atoms with E-state index in [2.05, 4.69) is 20.4 Å². The Bertz CT molecular complexity index is 281. The summed E-state index contributed by atoms with van der Waals surface area (Å²) in [5, 5.41) is 0. The van der Waals surface area contributed by atoms with Gasteiger partial charge in [-0.25, -0.2) is 13.2 Å². The molecule has 0 aliphatic carbocycles. The minimum atomic E-state index is -5.00. The number of phosphoric acid groups is 1. The van der Waals surface area contributed by atoms with Crippen molar-refractivity contribution in [1.29, 1.82) is 0 Å². The van der Waals surface area contributed by atoms with E-state index in [-0.39, 0.29) is 0 Å². The molecule has 0 spiro atoms. The molecular formula is CH7O8P3S. The van der Waals surface area contributed by atoms with Crippen molar-refractivity contribution in [2.45, 2.75) is 0 Å². The predicted molar refractivity (Wildman–Crippen MR) is 46.5 cm³/mol. The second kappa shape index (κ2) is 4.16. The molecule has 2 atom stereocenters. The van der Waals surface area contributed by atoms with Gasteiger partial charge in [-0.15, -0.1) is 0 Å². The summed E-state index contributed by atoms with van der Waals surface area (Å²) >= 11 is 3.84.